The lowest BCUT2D eigenvalue weighted by atomic mass is 9.59. The Balaban J connectivity index is 1.23. The van der Waals surface area contributed by atoms with Gasteiger partial charge in [0.15, 0.2) is 0 Å². The topological polar surface area (TPSA) is 32.8 Å². The molecule has 2 saturated heterocycles. The molecule has 2 heterocycles. The van der Waals surface area contributed by atoms with Crippen LogP contribution in [0.4, 0.5) is 0 Å². The summed E-state index contributed by atoms with van der Waals surface area (Å²) in [4.78, 5) is 18.1. The van der Waals surface area contributed by atoms with Crippen molar-refractivity contribution in [3.63, 3.8) is 0 Å². The Morgan fingerprint density at radius 2 is 1.83 bits per heavy atom. The second kappa shape index (κ2) is 8.00. The lowest BCUT2D eigenvalue weighted by molar-refractivity contribution is -0.145. The molecule has 0 N–H and O–H groups in total. The molecule has 2 aliphatic heterocycles. The van der Waals surface area contributed by atoms with Crippen LogP contribution >= 0.6 is 0 Å². The minimum absolute atomic E-state index is 0.0485. The van der Waals surface area contributed by atoms with Gasteiger partial charge in [-0.05, 0) is 43.4 Å². The molecule has 5 atom stereocenters. The van der Waals surface area contributed by atoms with Crippen LogP contribution in [0, 0.1) is 23.2 Å². The van der Waals surface area contributed by atoms with Crippen LogP contribution in [-0.2, 0) is 9.53 Å². The molecule has 0 unspecified atom stereocenters. The number of carbonyl (C=O) groups is 1. The molecule has 2 saturated carbocycles. The first-order valence-electron chi connectivity index (χ1n) is 12.4. The van der Waals surface area contributed by atoms with E-state index in [4.69, 9.17) is 4.74 Å². The molecule has 0 aromatic rings. The molecule has 4 nitrogen and oxygen atoms in total. The second-order valence-corrected chi connectivity index (χ2v) is 11.0. The van der Waals surface area contributed by atoms with E-state index in [1.54, 1.807) is 5.57 Å². The van der Waals surface area contributed by atoms with E-state index in [2.05, 4.69) is 29.7 Å². The summed E-state index contributed by atoms with van der Waals surface area (Å²) in [7, 11) is 0. The van der Waals surface area contributed by atoms with Gasteiger partial charge in [-0.3, -0.25) is 14.6 Å². The molecule has 162 valence electrons. The Morgan fingerprint density at radius 1 is 1.07 bits per heavy atom. The van der Waals surface area contributed by atoms with Crippen LogP contribution in [0.25, 0.3) is 0 Å². The first-order valence-corrected chi connectivity index (χ1v) is 12.4. The average molecular weight is 401 g/mol. The molecule has 0 spiro atoms. The highest BCUT2D eigenvalue weighted by Crippen LogP contribution is 2.54. The van der Waals surface area contributed by atoms with Crippen molar-refractivity contribution in [3.05, 3.63) is 11.6 Å². The number of hydrogen-bond acceptors (Lipinski definition) is 4. The molecular formula is C25H40N2O2. The van der Waals surface area contributed by atoms with Crippen molar-refractivity contribution in [2.75, 3.05) is 32.7 Å². The predicted molar refractivity (Wildman–Crippen MR) is 116 cm³/mol. The van der Waals surface area contributed by atoms with Crippen molar-refractivity contribution < 1.29 is 9.53 Å². The summed E-state index contributed by atoms with van der Waals surface area (Å²) in [6.07, 6.45) is 14.6. The van der Waals surface area contributed by atoms with Gasteiger partial charge >= 0.3 is 5.97 Å². The van der Waals surface area contributed by atoms with Gasteiger partial charge < -0.3 is 4.74 Å². The molecule has 0 aromatic heterocycles. The van der Waals surface area contributed by atoms with E-state index in [0.717, 1.165) is 32.1 Å². The lowest BCUT2D eigenvalue weighted by Gasteiger charge is -2.46. The number of carbonyl (C=O) groups excluding carboxylic acids is 1. The zero-order valence-electron chi connectivity index (χ0n) is 18.6. The summed E-state index contributed by atoms with van der Waals surface area (Å²) < 4.78 is 5.96. The third-order valence-corrected chi connectivity index (χ3v) is 9.03. The first-order chi connectivity index (χ1) is 14.0. The molecule has 5 aliphatic rings. The molecule has 0 aromatic carbocycles. The number of piperazine rings is 1. The van der Waals surface area contributed by atoms with Crippen molar-refractivity contribution in [2.24, 2.45) is 23.2 Å². The van der Waals surface area contributed by atoms with Crippen LogP contribution in [0.1, 0.15) is 71.6 Å². The maximum absolute atomic E-state index is 12.8. The van der Waals surface area contributed by atoms with Crippen molar-refractivity contribution >= 4 is 5.97 Å². The summed E-state index contributed by atoms with van der Waals surface area (Å²) in [5, 5.41) is 0. The fraction of sp³-hybridized carbons (Fsp3) is 0.880. The molecule has 3 aliphatic carbocycles. The molecule has 5 rings (SSSR count). The molecule has 29 heavy (non-hydrogen) atoms. The van der Waals surface area contributed by atoms with Gasteiger partial charge in [0.25, 0.3) is 0 Å². The van der Waals surface area contributed by atoms with E-state index in [1.807, 2.05) is 0 Å². The van der Waals surface area contributed by atoms with Gasteiger partial charge in [0.05, 0.1) is 5.92 Å². The Labute approximate surface area is 177 Å². The van der Waals surface area contributed by atoms with Crippen LogP contribution in [0.3, 0.4) is 0 Å². The van der Waals surface area contributed by atoms with Gasteiger partial charge in [-0.1, -0.05) is 51.2 Å². The highest BCUT2D eigenvalue weighted by molar-refractivity contribution is 5.76. The maximum Gasteiger partial charge on any atom is 0.311 e. The van der Waals surface area contributed by atoms with E-state index < -0.39 is 0 Å². The third kappa shape index (κ3) is 3.80. The standard InChI is InChI=1S/C25H40N2O2/c1-18-7-6-10-25(2)16-23-20(15-22(18)25)21(24(28)29-23)17-26-11-13-27(14-12-26)19-8-4-3-5-9-19/h15,18-21,23H,3-14,16-17H2,1-2H3/t18-,20+,21+,23+,25+/m0/s1. The van der Waals surface area contributed by atoms with Crippen LogP contribution < -0.4 is 0 Å². The summed E-state index contributed by atoms with van der Waals surface area (Å²) in [6, 6.07) is 0.820. The summed E-state index contributed by atoms with van der Waals surface area (Å²) in [6.45, 7) is 10.3. The van der Waals surface area contributed by atoms with Crippen molar-refractivity contribution in [1.29, 1.82) is 0 Å². The number of hydrogen-bond donors (Lipinski definition) is 0. The van der Waals surface area contributed by atoms with Gasteiger partial charge in [-0.15, -0.1) is 0 Å². The zero-order valence-corrected chi connectivity index (χ0v) is 18.6. The number of esters is 1. The lowest BCUT2D eigenvalue weighted by Crippen LogP contribution is -2.52. The van der Waals surface area contributed by atoms with Crippen LogP contribution in [0.15, 0.2) is 11.6 Å². The highest BCUT2D eigenvalue weighted by atomic mass is 16.6. The molecule has 0 amide bonds. The van der Waals surface area contributed by atoms with Gasteiger partial charge in [0, 0.05) is 44.7 Å². The third-order valence-electron chi connectivity index (χ3n) is 9.03. The minimum Gasteiger partial charge on any atom is -0.461 e. The van der Waals surface area contributed by atoms with Crippen molar-refractivity contribution in [1.82, 2.24) is 9.80 Å². The number of fused-ring (bicyclic) bond motifs is 2. The summed E-state index contributed by atoms with van der Waals surface area (Å²) >= 11 is 0. The molecular weight excluding hydrogens is 360 g/mol. The number of ether oxygens (including phenoxy) is 1. The van der Waals surface area contributed by atoms with E-state index in [9.17, 15) is 4.79 Å². The average Bonchev–Trinajstić information content (AvgIpc) is 3.01. The van der Waals surface area contributed by atoms with E-state index in [1.165, 1.54) is 64.5 Å². The van der Waals surface area contributed by atoms with E-state index in [-0.39, 0.29) is 23.4 Å². The Morgan fingerprint density at radius 3 is 2.59 bits per heavy atom. The fourth-order valence-corrected chi connectivity index (χ4v) is 7.29. The zero-order chi connectivity index (χ0) is 20.0. The van der Waals surface area contributed by atoms with Gasteiger partial charge in [-0.25, -0.2) is 0 Å². The van der Waals surface area contributed by atoms with E-state index >= 15 is 0 Å². The largest absolute Gasteiger partial charge is 0.461 e. The van der Waals surface area contributed by atoms with Gasteiger partial charge in [-0.2, -0.15) is 0 Å². The van der Waals surface area contributed by atoms with Crippen LogP contribution in [0.5, 0.6) is 0 Å². The van der Waals surface area contributed by atoms with Gasteiger partial charge in [0.2, 0.25) is 0 Å². The monoisotopic (exact) mass is 400 g/mol. The molecule has 0 radical (unpaired) electrons. The molecule has 0 bridgehead atoms. The second-order valence-electron chi connectivity index (χ2n) is 11.0. The molecule has 4 fully saturated rings. The number of nitrogens with zero attached hydrogens (tertiary/aromatic N) is 2. The Kier molecular flexibility index (Phi) is 5.53. The number of rotatable bonds is 3. The fourth-order valence-electron chi connectivity index (χ4n) is 7.29. The van der Waals surface area contributed by atoms with E-state index in [0.29, 0.717) is 11.8 Å². The first kappa shape index (κ1) is 20.1. The predicted octanol–water partition coefficient (Wildman–Crippen LogP) is 4.25. The van der Waals surface area contributed by atoms with Crippen LogP contribution in [-0.4, -0.2) is 60.6 Å². The van der Waals surface area contributed by atoms with Gasteiger partial charge in [0.1, 0.15) is 6.10 Å². The smallest absolute Gasteiger partial charge is 0.311 e. The number of allylic oxidation sites excluding steroid dienone is 1. The van der Waals surface area contributed by atoms with Crippen molar-refractivity contribution in [2.45, 2.75) is 83.8 Å². The van der Waals surface area contributed by atoms with Crippen molar-refractivity contribution in [3.8, 4) is 0 Å². The normalized spacial score (nSPS) is 42.1. The van der Waals surface area contributed by atoms with Crippen LogP contribution in [0.2, 0.25) is 0 Å². The Hall–Kier alpha value is -0.870. The summed E-state index contributed by atoms with van der Waals surface area (Å²) in [5.41, 5.74) is 1.90. The quantitative estimate of drug-likeness (QED) is 0.524. The SMILES string of the molecule is C[C@H]1CCC[C@]2(C)C[C@H]3OC(=O)[C@H](CN4CCN(C5CCCCC5)CC4)[C@H]3C=C12. The maximum atomic E-state index is 12.8. The highest BCUT2D eigenvalue weighted by Gasteiger charge is 2.52. The minimum atomic E-state index is 0.0485. The molecule has 4 heteroatoms. The summed E-state index contributed by atoms with van der Waals surface area (Å²) in [5.74, 6) is 1.10. The Bertz CT molecular complexity index is 647.